The van der Waals surface area contributed by atoms with Crippen LogP contribution < -0.4 is 0 Å². The highest BCUT2D eigenvalue weighted by atomic mass is 19.3. The fourth-order valence-corrected chi connectivity index (χ4v) is 3.70. The molecule has 0 aromatic heterocycles. The van der Waals surface area contributed by atoms with Crippen LogP contribution in [0.15, 0.2) is 0 Å². The molecular formula is C13H23F2N. The molecule has 1 aliphatic heterocycles. The SMILES string of the molecule is CC(C)C1(C)CC2(CN(CC(C)(F)F)C2)C1. The quantitative estimate of drug-likeness (QED) is 0.719. The van der Waals surface area contributed by atoms with Gasteiger partial charge in [-0.2, -0.15) is 0 Å². The molecule has 0 aromatic rings. The molecule has 1 aliphatic carbocycles. The molecule has 2 fully saturated rings. The Balaban J connectivity index is 1.79. The van der Waals surface area contributed by atoms with Crippen molar-refractivity contribution in [2.45, 2.75) is 46.5 Å². The molecule has 0 bridgehead atoms. The third kappa shape index (κ3) is 2.11. The maximum Gasteiger partial charge on any atom is 0.257 e. The van der Waals surface area contributed by atoms with E-state index in [9.17, 15) is 8.78 Å². The van der Waals surface area contributed by atoms with Crippen molar-refractivity contribution in [1.29, 1.82) is 0 Å². The van der Waals surface area contributed by atoms with Gasteiger partial charge in [-0.1, -0.05) is 20.8 Å². The van der Waals surface area contributed by atoms with E-state index in [1.807, 2.05) is 4.90 Å². The minimum absolute atomic E-state index is 0.0624. The van der Waals surface area contributed by atoms with Crippen LogP contribution in [0.3, 0.4) is 0 Å². The van der Waals surface area contributed by atoms with Crippen LogP contribution >= 0.6 is 0 Å². The minimum atomic E-state index is -2.54. The van der Waals surface area contributed by atoms with Crippen LogP contribution in [0.4, 0.5) is 8.78 Å². The van der Waals surface area contributed by atoms with Crippen LogP contribution in [-0.4, -0.2) is 30.5 Å². The summed E-state index contributed by atoms with van der Waals surface area (Å²) in [5, 5.41) is 0. The largest absolute Gasteiger partial charge is 0.296 e. The smallest absolute Gasteiger partial charge is 0.257 e. The normalized spacial score (nSPS) is 27.9. The second-order valence-electron chi connectivity index (χ2n) is 6.88. The fourth-order valence-electron chi connectivity index (χ4n) is 3.70. The zero-order valence-electron chi connectivity index (χ0n) is 10.8. The Kier molecular flexibility index (Phi) is 2.62. The first-order valence-electron chi connectivity index (χ1n) is 6.24. The summed E-state index contributed by atoms with van der Waals surface area (Å²) >= 11 is 0. The first kappa shape index (κ1) is 12.3. The van der Waals surface area contributed by atoms with Crippen LogP contribution in [0.2, 0.25) is 0 Å². The summed E-state index contributed by atoms with van der Waals surface area (Å²) in [6.45, 7) is 9.59. The molecule has 2 aliphatic rings. The summed E-state index contributed by atoms with van der Waals surface area (Å²) in [4.78, 5) is 1.90. The molecule has 16 heavy (non-hydrogen) atoms. The lowest BCUT2D eigenvalue weighted by molar-refractivity contribution is -0.171. The van der Waals surface area contributed by atoms with Crippen LogP contribution in [0, 0.1) is 16.7 Å². The molecule has 94 valence electrons. The van der Waals surface area contributed by atoms with Gasteiger partial charge in [-0.15, -0.1) is 0 Å². The first-order valence-corrected chi connectivity index (χ1v) is 6.24. The summed E-state index contributed by atoms with van der Waals surface area (Å²) in [7, 11) is 0. The van der Waals surface area contributed by atoms with Gasteiger partial charge in [0, 0.05) is 20.0 Å². The number of hydrogen-bond donors (Lipinski definition) is 0. The summed E-state index contributed by atoms with van der Waals surface area (Å²) < 4.78 is 25.6. The summed E-state index contributed by atoms with van der Waals surface area (Å²) in [6, 6.07) is 0. The lowest BCUT2D eigenvalue weighted by Crippen LogP contribution is -2.66. The van der Waals surface area contributed by atoms with E-state index in [4.69, 9.17) is 0 Å². The zero-order chi connectivity index (χ0) is 12.2. The highest BCUT2D eigenvalue weighted by Gasteiger charge is 2.58. The van der Waals surface area contributed by atoms with Crippen molar-refractivity contribution in [1.82, 2.24) is 4.90 Å². The van der Waals surface area contributed by atoms with Gasteiger partial charge in [0.05, 0.1) is 6.54 Å². The highest BCUT2D eigenvalue weighted by Crippen LogP contribution is 2.61. The van der Waals surface area contributed by atoms with Crippen molar-refractivity contribution in [2.75, 3.05) is 19.6 Å². The number of rotatable bonds is 3. The molecule has 1 spiro atoms. The molecule has 3 heteroatoms. The Morgan fingerprint density at radius 2 is 1.75 bits per heavy atom. The molecule has 0 unspecified atom stereocenters. The van der Waals surface area contributed by atoms with E-state index < -0.39 is 5.92 Å². The van der Waals surface area contributed by atoms with E-state index in [2.05, 4.69) is 20.8 Å². The highest BCUT2D eigenvalue weighted by molar-refractivity contribution is 5.10. The maximum absolute atomic E-state index is 12.8. The zero-order valence-corrected chi connectivity index (χ0v) is 10.8. The van der Waals surface area contributed by atoms with E-state index in [1.165, 1.54) is 12.8 Å². The van der Waals surface area contributed by atoms with Gasteiger partial charge in [0.2, 0.25) is 0 Å². The predicted octanol–water partition coefficient (Wildman–Crippen LogP) is 3.40. The molecule has 2 rings (SSSR count). The molecule has 0 radical (unpaired) electrons. The van der Waals surface area contributed by atoms with Gasteiger partial charge in [0.15, 0.2) is 0 Å². The number of hydrogen-bond acceptors (Lipinski definition) is 1. The third-order valence-corrected chi connectivity index (χ3v) is 4.57. The fraction of sp³-hybridized carbons (Fsp3) is 1.00. The lowest BCUT2D eigenvalue weighted by atomic mass is 9.47. The molecule has 0 amide bonds. The Bertz CT molecular complexity index is 266. The molecule has 0 N–H and O–H groups in total. The molecule has 1 saturated heterocycles. The van der Waals surface area contributed by atoms with Crippen molar-refractivity contribution in [2.24, 2.45) is 16.7 Å². The summed E-state index contributed by atoms with van der Waals surface area (Å²) in [5.41, 5.74) is 0.852. The van der Waals surface area contributed by atoms with E-state index >= 15 is 0 Å². The minimum Gasteiger partial charge on any atom is -0.296 e. The Morgan fingerprint density at radius 1 is 1.25 bits per heavy atom. The van der Waals surface area contributed by atoms with Gasteiger partial charge in [0.1, 0.15) is 0 Å². The molecule has 1 saturated carbocycles. The molecule has 0 aromatic carbocycles. The lowest BCUT2D eigenvalue weighted by Gasteiger charge is -2.65. The van der Waals surface area contributed by atoms with Crippen molar-refractivity contribution in [3.63, 3.8) is 0 Å². The van der Waals surface area contributed by atoms with Gasteiger partial charge in [-0.25, -0.2) is 8.78 Å². The Morgan fingerprint density at radius 3 is 2.12 bits per heavy atom. The standard InChI is InChI=1S/C13H23F2N/c1-10(2)11(3)5-13(6-11)8-16(9-13)7-12(4,14)15/h10H,5-9H2,1-4H3. The summed E-state index contributed by atoms with van der Waals surface area (Å²) in [5.74, 6) is -1.83. The van der Waals surface area contributed by atoms with Crippen molar-refractivity contribution in [3.8, 4) is 0 Å². The monoisotopic (exact) mass is 231 g/mol. The second kappa shape index (κ2) is 3.41. The second-order valence-corrected chi connectivity index (χ2v) is 6.88. The molecular weight excluding hydrogens is 208 g/mol. The predicted molar refractivity (Wildman–Crippen MR) is 61.7 cm³/mol. The number of likely N-dealkylation sites (tertiary alicyclic amines) is 1. The van der Waals surface area contributed by atoms with Crippen LogP contribution in [-0.2, 0) is 0 Å². The Labute approximate surface area is 97.2 Å². The molecule has 1 nitrogen and oxygen atoms in total. The molecule has 1 heterocycles. The third-order valence-electron chi connectivity index (χ3n) is 4.57. The van der Waals surface area contributed by atoms with E-state index in [0.29, 0.717) is 16.7 Å². The number of alkyl halides is 2. The summed E-state index contributed by atoms with van der Waals surface area (Å²) in [6.07, 6.45) is 2.45. The van der Waals surface area contributed by atoms with Crippen LogP contribution in [0.5, 0.6) is 0 Å². The van der Waals surface area contributed by atoms with Gasteiger partial charge >= 0.3 is 0 Å². The maximum atomic E-state index is 12.8. The van der Waals surface area contributed by atoms with Gasteiger partial charge in [-0.05, 0) is 29.6 Å². The topological polar surface area (TPSA) is 3.24 Å². The van der Waals surface area contributed by atoms with Crippen molar-refractivity contribution < 1.29 is 8.78 Å². The van der Waals surface area contributed by atoms with E-state index in [-0.39, 0.29) is 6.54 Å². The van der Waals surface area contributed by atoms with Gasteiger partial charge in [0.25, 0.3) is 5.92 Å². The van der Waals surface area contributed by atoms with Crippen LogP contribution in [0.25, 0.3) is 0 Å². The Hall–Kier alpha value is -0.180. The number of halogens is 2. The average molecular weight is 231 g/mol. The van der Waals surface area contributed by atoms with Gasteiger partial charge in [-0.3, -0.25) is 4.90 Å². The van der Waals surface area contributed by atoms with Gasteiger partial charge < -0.3 is 0 Å². The van der Waals surface area contributed by atoms with Crippen LogP contribution in [0.1, 0.15) is 40.5 Å². The van der Waals surface area contributed by atoms with Crippen molar-refractivity contribution in [3.05, 3.63) is 0 Å². The first-order chi connectivity index (χ1) is 7.14. The molecule has 0 atom stereocenters. The van der Waals surface area contributed by atoms with Crippen molar-refractivity contribution >= 4 is 0 Å². The van der Waals surface area contributed by atoms with E-state index in [1.54, 1.807) is 0 Å². The number of nitrogens with zero attached hydrogens (tertiary/aromatic N) is 1. The van der Waals surface area contributed by atoms with E-state index in [0.717, 1.165) is 20.0 Å². The average Bonchev–Trinajstić information content (AvgIpc) is 1.94.